The van der Waals surface area contributed by atoms with Crippen LogP contribution in [-0.4, -0.2) is 18.2 Å². The van der Waals surface area contributed by atoms with E-state index in [4.69, 9.17) is 0 Å². The van der Waals surface area contributed by atoms with Gasteiger partial charge in [-0.05, 0) is 24.6 Å². The minimum Gasteiger partial charge on any atom is -0.276 e. The standard InChI is InChI=1S/C12H14BrN3O2S/c1-3-11-12(8-16(2)14-11)15-19(17,18)10-6-4-5-9(13)7-10/h4-8,15H,3H2,1-2H3. The van der Waals surface area contributed by atoms with E-state index in [1.54, 1.807) is 42.2 Å². The van der Waals surface area contributed by atoms with Crippen molar-refractivity contribution in [2.24, 2.45) is 7.05 Å². The summed E-state index contributed by atoms with van der Waals surface area (Å²) in [4.78, 5) is 0.216. The summed E-state index contributed by atoms with van der Waals surface area (Å²) < 4.78 is 29.4. The lowest BCUT2D eigenvalue weighted by Crippen LogP contribution is -2.13. The zero-order valence-corrected chi connectivity index (χ0v) is 13.0. The smallest absolute Gasteiger partial charge is 0.262 e. The van der Waals surface area contributed by atoms with Crippen LogP contribution in [0.3, 0.4) is 0 Å². The Hall–Kier alpha value is -1.34. The fourth-order valence-corrected chi connectivity index (χ4v) is 3.39. The number of halogens is 1. The van der Waals surface area contributed by atoms with Gasteiger partial charge in [0.05, 0.1) is 16.3 Å². The first-order chi connectivity index (χ1) is 8.92. The van der Waals surface area contributed by atoms with E-state index in [1.165, 1.54) is 0 Å². The highest BCUT2D eigenvalue weighted by Crippen LogP contribution is 2.21. The van der Waals surface area contributed by atoms with Crippen LogP contribution in [0.4, 0.5) is 5.69 Å². The van der Waals surface area contributed by atoms with Gasteiger partial charge in [-0.25, -0.2) is 8.42 Å². The number of aromatic nitrogens is 2. The summed E-state index contributed by atoms with van der Waals surface area (Å²) in [6.07, 6.45) is 2.32. The minimum atomic E-state index is -3.59. The second-order valence-electron chi connectivity index (χ2n) is 4.08. The average molecular weight is 344 g/mol. The van der Waals surface area contributed by atoms with Gasteiger partial charge in [0.15, 0.2) is 0 Å². The number of benzene rings is 1. The van der Waals surface area contributed by atoms with Gasteiger partial charge in [-0.1, -0.05) is 28.9 Å². The summed E-state index contributed by atoms with van der Waals surface area (Å²) in [6, 6.07) is 6.57. The van der Waals surface area contributed by atoms with Crippen LogP contribution in [0.5, 0.6) is 0 Å². The molecule has 102 valence electrons. The molecule has 0 bridgehead atoms. The van der Waals surface area contributed by atoms with E-state index in [0.29, 0.717) is 12.1 Å². The molecule has 5 nitrogen and oxygen atoms in total. The molecule has 0 saturated heterocycles. The molecular formula is C12H14BrN3O2S. The van der Waals surface area contributed by atoms with Crippen molar-refractivity contribution in [2.75, 3.05) is 4.72 Å². The van der Waals surface area contributed by atoms with Gasteiger partial charge in [0.2, 0.25) is 0 Å². The number of hydrogen-bond acceptors (Lipinski definition) is 3. The summed E-state index contributed by atoms with van der Waals surface area (Å²) in [7, 11) is -1.83. The topological polar surface area (TPSA) is 64.0 Å². The number of nitrogens with one attached hydrogen (secondary N) is 1. The molecule has 2 aromatic rings. The molecule has 0 unspecified atom stereocenters. The van der Waals surface area contributed by atoms with Crippen molar-refractivity contribution in [3.63, 3.8) is 0 Å². The highest BCUT2D eigenvalue weighted by molar-refractivity contribution is 9.10. The van der Waals surface area contributed by atoms with Crippen LogP contribution in [0.2, 0.25) is 0 Å². The van der Waals surface area contributed by atoms with Gasteiger partial charge < -0.3 is 0 Å². The molecule has 7 heteroatoms. The van der Waals surface area contributed by atoms with E-state index in [2.05, 4.69) is 25.8 Å². The monoisotopic (exact) mass is 343 g/mol. The van der Waals surface area contributed by atoms with Gasteiger partial charge in [0.25, 0.3) is 10.0 Å². The lowest BCUT2D eigenvalue weighted by atomic mass is 10.3. The van der Waals surface area contributed by atoms with Crippen molar-refractivity contribution >= 4 is 31.6 Å². The van der Waals surface area contributed by atoms with Gasteiger partial charge in [0, 0.05) is 17.7 Å². The number of aryl methyl sites for hydroxylation is 2. The number of sulfonamides is 1. The number of hydrogen-bond donors (Lipinski definition) is 1. The van der Waals surface area contributed by atoms with Crippen LogP contribution in [0.1, 0.15) is 12.6 Å². The number of anilines is 1. The first-order valence-electron chi connectivity index (χ1n) is 5.73. The van der Waals surface area contributed by atoms with Crippen molar-refractivity contribution in [2.45, 2.75) is 18.2 Å². The van der Waals surface area contributed by atoms with E-state index in [9.17, 15) is 8.42 Å². The molecule has 1 N–H and O–H groups in total. The molecule has 0 fully saturated rings. The molecule has 0 aliphatic rings. The van der Waals surface area contributed by atoms with E-state index in [-0.39, 0.29) is 4.90 Å². The maximum atomic E-state index is 12.3. The molecule has 0 atom stereocenters. The summed E-state index contributed by atoms with van der Waals surface area (Å²) in [5.74, 6) is 0. The Morgan fingerprint density at radius 2 is 2.16 bits per heavy atom. The van der Waals surface area contributed by atoms with Crippen molar-refractivity contribution < 1.29 is 8.42 Å². The Kier molecular flexibility index (Phi) is 3.96. The molecular weight excluding hydrogens is 330 g/mol. The average Bonchev–Trinajstić information content (AvgIpc) is 2.68. The SMILES string of the molecule is CCc1nn(C)cc1NS(=O)(=O)c1cccc(Br)c1. The van der Waals surface area contributed by atoms with Gasteiger partial charge in [-0.3, -0.25) is 9.40 Å². The summed E-state index contributed by atoms with van der Waals surface area (Å²) in [6.45, 7) is 1.93. The van der Waals surface area contributed by atoms with Gasteiger partial charge >= 0.3 is 0 Å². The third-order valence-electron chi connectivity index (χ3n) is 2.59. The zero-order valence-electron chi connectivity index (χ0n) is 10.6. The Morgan fingerprint density at radius 3 is 2.79 bits per heavy atom. The highest BCUT2D eigenvalue weighted by Gasteiger charge is 2.17. The third kappa shape index (κ3) is 3.16. The van der Waals surface area contributed by atoms with Gasteiger partial charge in [-0.15, -0.1) is 0 Å². The predicted molar refractivity (Wildman–Crippen MR) is 77.5 cm³/mol. The first-order valence-corrected chi connectivity index (χ1v) is 8.01. The van der Waals surface area contributed by atoms with E-state index in [0.717, 1.165) is 10.2 Å². The maximum Gasteiger partial charge on any atom is 0.262 e. The van der Waals surface area contributed by atoms with Crippen LogP contribution in [0.15, 0.2) is 39.8 Å². The first kappa shape index (κ1) is 14.1. The lowest BCUT2D eigenvalue weighted by Gasteiger charge is -2.07. The summed E-state index contributed by atoms with van der Waals surface area (Å²) >= 11 is 3.26. The normalized spacial score (nSPS) is 11.5. The minimum absolute atomic E-state index is 0.216. The van der Waals surface area contributed by atoms with Crippen LogP contribution in [-0.2, 0) is 23.5 Å². The Bertz CT molecular complexity index is 695. The Morgan fingerprint density at radius 1 is 1.42 bits per heavy atom. The lowest BCUT2D eigenvalue weighted by molar-refractivity contribution is 0.601. The Labute approximate surface area is 120 Å². The van der Waals surface area contributed by atoms with Crippen molar-refractivity contribution in [3.05, 3.63) is 40.6 Å². The van der Waals surface area contributed by atoms with Crippen LogP contribution < -0.4 is 4.72 Å². The molecule has 0 saturated carbocycles. The highest BCUT2D eigenvalue weighted by atomic mass is 79.9. The molecule has 0 spiro atoms. The van der Waals surface area contributed by atoms with Crippen molar-refractivity contribution in [3.8, 4) is 0 Å². The van der Waals surface area contributed by atoms with Crippen LogP contribution in [0, 0.1) is 0 Å². The van der Waals surface area contributed by atoms with Crippen molar-refractivity contribution in [1.29, 1.82) is 0 Å². The quantitative estimate of drug-likeness (QED) is 0.927. The van der Waals surface area contributed by atoms with Gasteiger partial charge in [0.1, 0.15) is 0 Å². The van der Waals surface area contributed by atoms with E-state index in [1.807, 2.05) is 6.92 Å². The van der Waals surface area contributed by atoms with E-state index < -0.39 is 10.0 Å². The fraction of sp³-hybridized carbons (Fsp3) is 0.250. The summed E-state index contributed by atoms with van der Waals surface area (Å²) in [5, 5.41) is 4.20. The molecule has 0 aliphatic carbocycles. The molecule has 0 amide bonds. The Balaban J connectivity index is 2.36. The molecule has 0 radical (unpaired) electrons. The zero-order chi connectivity index (χ0) is 14.0. The largest absolute Gasteiger partial charge is 0.276 e. The molecule has 0 aliphatic heterocycles. The molecule has 2 rings (SSSR count). The summed E-state index contributed by atoms with van der Waals surface area (Å²) in [5.41, 5.74) is 1.24. The third-order valence-corrected chi connectivity index (χ3v) is 4.45. The molecule has 1 heterocycles. The number of rotatable bonds is 4. The number of nitrogens with zero attached hydrogens (tertiary/aromatic N) is 2. The van der Waals surface area contributed by atoms with E-state index >= 15 is 0 Å². The van der Waals surface area contributed by atoms with Crippen molar-refractivity contribution in [1.82, 2.24) is 9.78 Å². The molecule has 1 aromatic heterocycles. The second kappa shape index (κ2) is 5.34. The van der Waals surface area contributed by atoms with Gasteiger partial charge in [-0.2, -0.15) is 5.10 Å². The maximum absolute atomic E-state index is 12.3. The molecule has 1 aromatic carbocycles. The molecule has 19 heavy (non-hydrogen) atoms. The predicted octanol–water partition coefficient (Wildman–Crippen LogP) is 2.55. The fourth-order valence-electron chi connectivity index (χ4n) is 1.72. The van der Waals surface area contributed by atoms with Crippen LogP contribution >= 0.6 is 15.9 Å². The second-order valence-corrected chi connectivity index (χ2v) is 6.68. The van der Waals surface area contributed by atoms with Crippen LogP contribution in [0.25, 0.3) is 0 Å².